The van der Waals surface area contributed by atoms with Crippen LogP contribution in [0.2, 0.25) is 39.3 Å². The van der Waals surface area contributed by atoms with E-state index in [0.29, 0.717) is 0 Å². The van der Waals surface area contributed by atoms with Crippen molar-refractivity contribution in [1.29, 1.82) is 0 Å². The first kappa shape index (κ1) is 14.6. The molecule has 0 aromatic rings. The number of hydrogen-bond acceptors (Lipinski definition) is 2. The minimum Gasteiger partial charge on any atom is -0.336 e. The second-order valence-corrected chi connectivity index (χ2v) is 16.0. The van der Waals surface area contributed by atoms with Gasteiger partial charge in [0.25, 0.3) is 0 Å². The summed E-state index contributed by atoms with van der Waals surface area (Å²) >= 11 is 0. The molecule has 0 aliphatic heterocycles. The van der Waals surface area contributed by atoms with Gasteiger partial charge in [-0.2, -0.15) is 0 Å². The van der Waals surface area contributed by atoms with E-state index in [1.807, 2.05) is 0 Å². The molecule has 0 N–H and O–H groups in total. The molecule has 0 saturated heterocycles. The number of hydrogen-bond donors (Lipinski definition) is 0. The topological polar surface area (TPSA) is 20.3 Å². The van der Waals surface area contributed by atoms with Crippen molar-refractivity contribution in [2.24, 2.45) is 0 Å². The van der Waals surface area contributed by atoms with Crippen molar-refractivity contribution in [2.45, 2.75) is 46.2 Å². The fraction of sp³-hybridized carbons (Fsp3) is 0.727. The summed E-state index contributed by atoms with van der Waals surface area (Å²) < 4.78 is 2.57. The molecule has 0 aliphatic carbocycles. The standard InChI is InChI=1S/C11H23NOSi2/c1-11(13)9-8-10-12(14(2,3)4)15(5,6)7/h10H2,1-7H3. The Labute approximate surface area is 96.2 Å². The first-order valence-corrected chi connectivity index (χ1v) is 12.2. The van der Waals surface area contributed by atoms with Crippen molar-refractivity contribution in [1.82, 2.24) is 4.23 Å². The highest BCUT2D eigenvalue weighted by atomic mass is 28.4. The molecule has 0 amide bonds. The molecule has 0 spiro atoms. The Bertz CT molecular complexity index is 274. The highest BCUT2D eigenvalue weighted by Crippen LogP contribution is 2.18. The maximum Gasteiger partial charge on any atom is 0.202 e. The van der Waals surface area contributed by atoms with Gasteiger partial charge in [-0.1, -0.05) is 45.2 Å². The lowest BCUT2D eigenvalue weighted by Gasteiger charge is -2.42. The lowest BCUT2D eigenvalue weighted by Crippen LogP contribution is -2.59. The van der Waals surface area contributed by atoms with Crippen LogP contribution in [-0.2, 0) is 4.79 Å². The molecule has 0 saturated carbocycles. The summed E-state index contributed by atoms with van der Waals surface area (Å²) in [4.78, 5) is 10.8. The largest absolute Gasteiger partial charge is 0.336 e. The molecular weight excluding hydrogens is 218 g/mol. The number of Topliss-reactive ketones (excluding diaryl/α,β-unsaturated/α-hetero) is 1. The van der Waals surface area contributed by atoms with Gasteiger partial charge in [0, 0.05) is 13.5 Å². The Morgan fingerprint density at radius 2 is 1.47 bits per heavy atom. The average molecular weight is 241 g/mol. The molecule has 0 fully saturated rings. The number of nitrogens with zero attached hydrogens (tertiary/aromatic N) is 1. The maximum absolute atomic E-state index is 10.8. The van der Waals surface area contributed by atoms with Crippen molar-refractivity contribution in [3.05, 3.63) is 0 Å². The van der Waals surface area contributed by atoms with E-state index in [-0.39, 0.29) is 5.78 Å². The molecule has 0 heterocycles. The van der Waals surface area contributed by atoms with Crippen LogP contribution >= 0.6 is 0 Å². The quantitative estimate of drug-likeness (QED) is 0.430. The summed E-state index contributed by atoms with van der Waals surface area (Å²) in [6.07, 6.45) is 0. The average Bonchev–Trinajstić information content (AvgIpc) is 1.92. The van der Waals surface area contributed by atoms with Gasteiger partial charge in [0.15, 0.2) is 0 Å². The van der Waals surface area contributed by atoms with E-state index < -0.39 is 16.5 Å². The smallest absolute Gasteiger partial charge is 0.202 e. The number of carbonyl (C=O) groups is 1. The minimum atomic E-state index is -1.31. The van der Waals surface area contributed by atoms with E-state index in [4.69, 9.17) is 0 Å². The SMILES string of the molecule is CC(=O)C#CCN([Si](C)(C)C)[Si](C)(C)C. The molecule has 0 aliphatic rings. The van der Waals surface area contributed by atoms with Crippen LogP contribution in [0, 0.1) is 11.8 Å². The third-order valence-corrected chi connectivity index (χ3v) is 9.70. The van der Waals surface area contributed by atoms with Gasteiger partial charge in [-0.3, -0.25) is 4.79 Å². The van der Waals surface area contributed by atoms with Crippen molar-refractivity contribution in [2.75, 3.05) is 6.54 Å². The molecule has 0 radical (unpaired) electrons. The summed E-state index contributed by atoms with van der Waals surface area (Å²) in [6, 6.07) is 0. The molecule has 0 rings (SSSR count). The van der Waals surface area contributed by atoms with E-state index in [2.05, 4.69) is 55.4 Å². The monoisotopic (exact) mass is 241 g/mol. The lowest BCUT2D eigenvalue weighted by atomic mass is 10.4. The van der Waals surface area contributed by atoms with E-state index in [1.54, 1.807) is 0 Å². The highest BCUT2D eigenvalue weighted by molar-refractivity contribution is 6.89. The second kappa shape index (κ2) is 5.10. The van der Waals surface area contributed by atoms with E-state index >= 15 is 0 Å². The minimum absolute atomic E-state index is 0.0406. The van der Waals surface area contributed by atoms with Crippen LogP contribution in [0.4, 0.5) is 0 Å². The van der Waals surface area contributed by atoms with Gasteiger partial charge >= 0.3 is 0 Å². The molecule has 2 nitrogen and oxygen atoms in total. The lowest BCUT2D eigenvalue weighted by molar-refractivity contribution is -0.111. The van der Waals surface area contributed by atoms with Crippen LogP contribution in [0.5, 0.6) is 0 Å². The highest BCUT2D eigenvalue weighted by Gasteiger charge is 2.33. The molecule has 15 heavy (non-hydrogen) atoms. The van der Waals surface area contributed by atoms with Crippen LogP contribution in [0.15, 0.2) is 0 Å². The van der Waals surface area contributed by atoms with Gasteiger partial charge in [-0.05, 0) is 5.92 Å². The summed E-state index contributed by atoms with van der Waals surface area (Å²) in [7, 11) is -2.63. The van der Waals surface area contributed by atoms with Crippen LogP contribution < -0.4 is 0 Å². The fourth-order valence-electron chi connectivity index (χ4n) is 1.72. The zero-order valence-electron chi connectivity index (χ0n) is 11.1. The van der Waals surface area contributed by atoms with Crippen LogP contribution in [0.25, 0.3) is 0 Å². The number of rotatable bonds is 3. The molecule has 0 unspecified atom stereocenters. The van der Waals surface area contributed by atoms with Gasteiger partial charge in [-0.15, -0.1) is 0 Å². The van der Waals surface area contributed by atoms with E-state index in [1.165, 1.54) is 6.92 Å². The Morgan fingerprint density at radius 3 is 1.73 bits per heavy atom. The normalized spacial score (nSPS) is 12.3. The summed E-state index contributed by atoms with van der Waals surface area (Å²) in [6.45, 7) is 16.3. The fourth-order valence-corrected chi connectivity index (χ4v) is 10.9. The van der Waals surface area contributed by atoms with Crippen molar-refractivity contribution in [3.8, 4) is 11.8 Å². The molecule has 4 heteroatoms. The molecule has 0 aromatic carbocycles. The summed E-state index contributed by atoms with van der Waals surface area (Å²) in [5.74, 6) is 5.59. The third kappa shape index (κ3) is 5.93. The first-order chi connectivity index (χ1) is 6.55. The van der Waals surface area contributed by atoms with Gasteiger partial charge in [0.1, 0.15) is 16.5 Å². The van der Waals surface area contributed by atoms with Gasteiger partial charge < -0.3 is 4.23 Å². The Hall–Kier alpha value is -0.376. The molecule has 0 atom stereocenters. The number of carbonyl (C=O) groups excluding carboxylic acids is 1. The van der Waals surface area contributed by atoms with Gasteiger partial charge in [0.2, 0.25) is 5.78 Å². The van der Waals surface area contributed by atoms with Crippen LogP contribution in [-0.4, -0.2) is 33.0 Å². The van der Waals surface area contributed by atoms with Crippen molar-refractivity contribution >= 4 is 22.3 Å². The van der Waals surface area contributed by atoms with Gasteiger partial charge in [0.05, 0.1) is 0 Å². The molecule has 86 valence electrons. The number of ketones is 1. The zero-order chi connectivity index (χ0) is 12.3. The summed E-state index contributed by atoms with van der Waals surface area (Å²) in [5, 5.41) is 0. The zero-order valence-corrected chi connectivity index (χ0v) is 13.1. The second-order valence-electron chi connectivity index (χ2n) is 5.79. The maximum atomic E-state index is 10.8. The predicted octanol–water partition coefficient (Wildman–Crippen LogP) is 2.55. The van der Waals surface area contributed by atoms with E-state index in [9.17, 15) is 4.79 Å². The van der Waals surface area contributed by atoms with Crippen molar-refractivity contribution in [3.63, 3.8) is 0 Å². The van der Waals surface area contributed by atoms with Crippen LogP contribution in [0.1, 0.15) is 6.92 Å². The first-order valence-electron chi connectivity index (χ1n) is 5.32. The molecule has 0 bridgehead atoms. The molecule has 0 aromatic heterocycles. The Kier molecular flexibility index (Phi) is 4.98. The predicted molar refractivity (Wildman–Crippen MR) is 71.9 cm³/mol. The molecular formula is C11H23NOSi2. The van der Waals surface area contributed by atoms with Crippen LogP contribution in [0.3, 0.4) is 0 Å². The summed E-state index contributed by atoms with van der Waals surface area (Å²) in [5.41, 5.74) is 0. The third-order valence-electron chi connectivity index (χ3n) is 2.12. The van der Waals surface area contributed by atoms with Crippen molar-refractivity contribution < 1.29 is 4.79 Å². The van der Waals surface area contributed by atoms with E-state index in [0.717, 1.165) is 6.54 Å². The Balaban J connectivity index is 4.72. The Morgan fingerprint density at radius 1 is 1.07 bits per heavy atom. The van der Waals surface area contributed by atoms with Gasteiger partial charge in [-0.25, -0.2) is 0 Å².